The molecule has 2 atom stereocenters. The third-order valence-electron chi connectivity index (χ3n) is 4.90. The fourth-order valence-electron chi connectivity index (χ4n) is 3.42. The van der Waals surface area contributed by atoms with Crippen LogP contribution in [0.1, 0.15) is 44.9 Å². The molecule has 0 aromatic carbocycles. The van der Waals surface area contributed by atoms with Gasteiger partial charge in [0.15, 0.2) is 0 Å². The minimum atomic E-state index is 0.148. The van der Waals surface area contributed by atoms with Gasteiger partial charge in [-0.3, -0.25) is 9.78 Å². The van der Waals surface area contributed by atoms with Gasteiger partial charge in [-0.25, -0.2) is 0 Å². The zero-order chi connectivity index (χ0) is 16.9. The second-order valence-electron chi connectivity index (χ2n) is 6.59. The van der Waals surface area contributed by atoms with Gasteiger partial charge < -0.3 is 9.42 Å². The molecule has 1 fully saturated rings. The summed E-state index contributed by atoms with van der Waals surface area (Å²) in [6.07, 6.45) is 9.06. The molecule has 0 saturated heterocycles. The van der Waals surface area contributed by atoms with Crippen molar-refractivity contribution in [1.82, 2.24) is 20.0 Å². The van der Waals surface area contributed by atoms with Gasteiger partial charge >= 0.3 is 0 Å². The topological polar surface area (TPSA) is 72.1 Å². The van der Waals surface area contributed by atoms with E-state index in [1.54, 1.807) is 12.4 Å². The fourth-order valence-corrected chi connectivity index (χ4v) is 3.42. The summed E-state index contributed by atoms with van der Waals surface area (Å²) in [6, 6.07) is 4.07. The largest absolute Gasteiger partial charge is 0.342 e. The molecule has 6 heteroatoms. The Morgan fingerprint density at radius 2 is 2.21 bits per heavy atom. The van der Waals surface area contributed by atoms with Gasteiger partial charge in [-0.15, -0.1) is 0 Å². The molecule has 0 N–H and O–H groups in total. The Morgan fingerprint density at radius 1 is 1.38 bits per heavy atom. The Hall–Kier alpha value is -2.24. The summed E-state index contributed by atoms with van der Waals surface area (Å²) in [5, 5.41) is 3.96. The summed E-state index contributed by atoms with van der Waals surface area (Å²) in [6.45, 7) is 2.24. The second kappa shape index (κ2) is 7.55. The predicted molar refractivity (Wildman–Crippen MR) is 90.0 cm³/mol. The lowest BCUT2D eigenvalue weighted by Crippen LogP contribution is -2.42. The molecule has 24 heavy (non-hydrogen) atoms. The molecular formula is C18H24N4O2. The average molecular weight is 328 g/mol. The van der Waals surface area contributed by atoms with Crippen molar-refractivity contribution >= 4 is 5.91 Å². The summed E-state index contributed by atoms with van der Waals surface area (Å²) in [5.41, 5.74) is 0.812. The number of nitrogens with zero attached hydrogens (tertiary/aromatic N) is 4. The molecule has 0 bridgehead atoms. The number of hydrogen-bond acceptors (Lipinski definition) is 5. The van der Waals surface area contributed by atoms with Gasteiger partial charge in [0.25, 0.3) is 0 Å². The van der Waals surface area contributed by atoms with E-state index in [-0.39, 0.29) is 5.91 Å². The Labute approximate surface area is 142 Å². The summed E-state index contributed by atoms with van der Waals surface area (Å²) < 4.78 is 5.26. The van der Waals surface area contributed by atoms with Gasteiger partial charge in [-0.05, 0) is 30.9 Å². The highest BCUT2D eigenvalue weighted by molar-refractivity contribution is 5.76. The molecule has 2 aromatic rings. The van der Waals surface area contributed by atoms with Crippen molar-refractivity contribution in [3.05, 3.63) is 30.4 Å². The molecule has 2 aromatic heterocycles. The molecule has 0 spiro atoms. The summed E-state index contributed by atoms with van der Waals surface area (Å²) >= 11 is 0. The third-order valence-corrected chi connectivity index (χ3v) is 4.90. The van der Waals surface area contributed by atoms with E-state index in [9.17, 15) is 4.79 Å². The summed E-state index contributed by atoms with van der Waals surface area (Å²) in [4.78, 5) is 22.8. The smallest absolute Gasteiger partial charge is 0.227 e. The predicted octanol–water partition coefficient (Wildman–Crippen LogP) is 3.10. The molecule has 1 amide bonds. The average Bonchev–Trinajstić information content (AvgIpc) is 3.09. The van der Waals surface area contributed by atoms with E-state index in [1.165, 1.54) is 19.3 Å². The van der Waals surface area contributed by atoms with E-state index in [0.717, 1.165) is 12.0 Å². The van der Waals surface area contributed by atoms with E-state index in [0.29, 0.717) is 36.5 Å². The molecule has 1 aliphatic carbocycles. The van der Waals surface area contributed by atoms with Crippen LogP contribution in [-0.4, -0.2) is 39.0 Å². The zero-order valence-electron chi connectivity index (χ0n) is 14.3. The minimum Gasteiger partial charge on any atom is -0.342 e. The number of hydrogen-bond donors (Lipinski definition) is 0. The van der Waals surface area contributed by atoms with Gasteiger partial charge in [-0.1, -0.05) is 24.9 Å². The monoisotopic (exact) mass is 328 g/mol. The maximum absolute atomic E-state index is 12.5. The van der Waals surface area contributed by atoms with E-state index in [1.807, 2.05) is 24.1 Å². The number of pyridine rings is 1. The first-order valence-electron chi connectivity index (χ1n) is 8.64. The van der Waals surface area contributed by atoms with Crippen molar-refractivity contribution in [1.29, 1.82) is 0 Å². The molecule has 3 rings (SSSR count). The number of carbonyl (C=O) groups excluding carboxylic acids is 1. The van der Waals surface area contributed by atoms with Gasteiger partial charge in [0, 0.05) is 43.9 Å². The van der Waals surface area contributed by atoms with Crippen molar-refractivity contribution in [2.45, 2.75) is 51.5 Å². The van der Waals surface area contributed by atoms with Crippen LogP contribution < -0.4 is 0 Å². The lowest BCUT2D eigenvalue weighted by molar-refractivity contribution is -0.133. The fraction of sp³-hybridized carbons (Fsp3) is 0.556. The van der Waals surface area contributed by atoms with Gasteiger partial charge in [0.1, 0.15) is 0 Å². The molecule has 0 aliphatic heterocycles. The van der Waals surface area contributed by atoms with Crippen LogP contribution in [-0.2, 0) is 11.2 Å². The Kier molecular flexibility index (Phi) is 5.23. The van der Waals surface area contributed by atoms with Crippen molar-refractivity contribution in [2.24, 2.45) is 5.92 Å². The maximum atomic E-state index is 12.5. The number of aryl methyl sites for hydroxylation is 1. The first-order chi connectivity index (χ1) is 11.6. The standard InChI is InChI=1S/C18H24N4O2/c1-13-6-3-4-8-15(13)22(2)17(23)10-9-16-20-18(21-24-16)14-7-5-11-19-12-14/h5,7,11-13,15H,3-4,6,8-10H2,1-2H3/t13-,15+/m1/s1. The van der Waals surface area contributed by atoms with E-state index in [4.69, 9.17) is 4.52 Å². The van der Waals surface area contributed by atoms with Gasteiger partial charge in [0.2, 0.25) is 17.6 Å². The van der Waals surface area contributed by atoms with E-state index < -0.39 is 0 Å². The first-order valence-corrected chi connectivity index (χ1v) is 8.64. The third kappa shape index (κ3) is 3.80. The lowest BCUT2D eigenvalue weighted by atomic mass is 9.85. The quantitative estimate of drug-likeness (QED) is 0.843. The minimum absolute atomic E-state index is 0.148. The van der Waals surface area contributed by atoms with Crippen LogP contribution in [0.2, 0.25) is 0 Å². The van der Waals surface area contributed by atoms with Crippen molar-refractivity contribution < 1.29 is 9.32 Å². The molecule has 1 aliphatic rings. The number of rotatable bonds is 5. The number of carbonyl (C=O) groups is 1. The van der Waals surface area contributed by atoms with Crippen LogP contribution in [0, 0.1) is 5.92 Å². The SMILES string of the molecule is C[C@@H]1CCCC[C@@H]1N(C)C(=O)CCc1nc(-c2cccnc2)no1. The Morgan fingerprint density at radius 3 is 2.96 bits per heavy atom. The van der Waals surface area contributed by atoms with Crippen LogP contribution in [0.15, 0.2) is 29.0 Å². The molecule has 6 nitrogen and oxygen atoms in total. The molecule has 0 unspecified atom stereocenters. The van der Waals surface area contributed by atoms with Crippen LogP contribution in [0.3, 0.4) is 0 Å². The molecular weight excluding hydrogens is 304 g/mol. The zero-order valence-corrected chi connectivity index (χ0v) is 14.3. The van der Waals surface area contributed by atoms with Gasteiger partial charge in [-0.2, -0.15) is 4.98 Å². The van der Waals surface area contributed by atoms with Crippen molar-refractivity contribution in [3.63, 3.8) is 0 Å². The first kappa shape index (κ1) is 16.6. The maximum Gasteiger partial charge on any atom is 0.227 e. The Bertz CT molecular complexity index is 671. The highest BCUT2D eigenvalue weighted by Crippen LogP contribution is 2.27. The van der Waals surface area contributed by atoms with Crippen LogP contribution in [0.25, 0.3) is 11.4 Å². The van der Waals surface area contributed by atoms with Crippen molar-refractivity contribution in [3.8, 4) is 11.4 Å². The summed E-state index contributed by atoms with van der Waals surface area (Å²) in [7, 11) is 1.92. The molecule has 2 heterocycles. The van der Waals surface area contributed by atoms with Crippen LogP contribution in [0.5, 0.6) is 0 Å². The van der Waals surface area contributed by atoms with E-state index >= 15 is 0 Å². The van der Waals surface area contributed by atoms with Crippen LogP contribution in [0.4, 0.5) is 0 Å². The van der Waals surface area contributed by atoms with Gasteiger partial charge in [0.05, 0.1) is 0 Å². The summed E-state index contributed by atoms with van der Waals surface area (Å²) in [5.74, 6) is 1.73. The second-order valence-corrected chi connectivity index (χ2v) is 6.59. The lowest BCUT2D eigenvalue weighted by Gasteiger charge is -2.36. The number of aromatic nitrogens is 3. The molecule has 0 radical (unpaired) electrons. The normalized spacial score (nSPS) is 20.8. The highest BCUT2D eigenvalue weighted by atomic mass is 16.5. The van der Waals surface area contributed by atoms with Crippen molar-refractivity contribution in [2.75, 3.05) is 7.05 Å². The highest BCUT2D eigenvalue weighted by Gasteiger charge is 2.27. The molecule has 1 saturated carbocycles. The van der Waals surface area contributed by atoms with Crippen LogP contribution >= 0.6 is 0 Å². The number of amides is 1. The van der Waals surface area contributed by atoms with E-state index in [2.05, 4.69) is 22.0 Å². The Balaban J connectivity index is 1.55. The molecule has 128 valence electrons.